The van der Waals surface area contributed by atoms with E-state index in [1.54, 1.807) is 0 Å². The van der Waals surface area contributed by atoms with Crippen LogP contribution in [0.25, 0.3) is 0 Å². The number of aliphatic hydroxyl groups excluding tert-OH is 2. The van der Waals surface area contributed by atoms with Crippen LogP contribution in [-0.4, -0.2) is 47.4 Å². The minimum absolute atomic E-state index is 0.0114. The topological polar surface area (TPSA) is 95.9 Å². The van der Waals surface area contributed by atoms with Gasteiger partial charge in [0.05, 0.1) is 25.4 Å². The molecule has 0 aliphatic heterocycles. The largest absolute Gasteiger partial charge is 0.466 e. The molecule has 484 valence electrons. The van der Waals surface area contributed by atoms with Crippen LogP contribution in [-0.2, 0) is 14.3 Å². The monoisotopic (exact) mass is 1150 g/mol. The number of allylic oxidation sites excluding steroid dienone is 6. The third kappa shape index (κ3) is 67.2. The van der Waals surface area contributed by atoms with Crippen LogP contribution in [0, 0.1) is 0 Å². The first-order valence-electron chi connectivity index (χ1n) is 37.2. The van der Waals surface area contributed by atoms with E-state index in [9.17, 15) is 19.8 Å². The van der Waals surface area contributed by atoms with Crippen molar-refractivity contribution >= 4 is 11.9 Å². The molecule has 2 atom stereocenters. The summed E-state index contributed by atoms with van der Waals surface area (Å²) in [6.45, 7) is 4.97. The molecule has 0 spiro atoms. The Morgan fingerprint density at radius 1 is 0.341 bits per heavy atom. The number of amides is 1. The van der Waals surface area contributed by atoms with Crippen molar-refractivity contribution in [3.05, 3.63) is 36.5 Å². The Labute approximate surface area is 513 Å². The van der Waals surface area contributed by atoms with Crippen molar-refractivity contribution in [2.75, 3.05) is 13.2 Å². The van der Waals surface area contributed by atoms with Crippen LogP contribution in [0.2, 0.25) is 0 Å². The van der Waals surface area contributed by atoms with Gasteiger partial charge in [0.1, 0.15) is 0 Å². The minimum atomic E-state index is -0.662. The second-order valence-electron chi connectivity index (χ2n) is 25.6. The summed E-state index contributed by atoms with van der Waals surface area (Å²) in [6, 6.07) is -0.539. The van der Waals surface area contributed by atoms with Gasteiger partial charge in [0, 0.05) is 12.8 Å². The summed E-state index contributed by atoms with van der Waals surface area (Å²) in [5.74, 6) is -0.0181. The van der Waals surface area contributed by atoms with Gasteiger partial charge in [-0.25, -0.2) is 0 Å². The highest BCUT2D eigenvalue weighted by Gasteiger charge is 2.20. The summed E-state index contributed by atoms with van der Waals surface area (Å²) in [4.78, 5) is 24.6. The van der Waals surface area contributed by atoms with E-state index in [1.165, 1.54) is 327 Å². The summed E-state index contributed by atoms with van der Waals surface area (Å²) in [7, 11) is 0. The smallest absolute Gasteiger partial charge is 0.305 e. The van der Waals surface area contributed by atoms with Crippen molar-refractivity contribution in [1.29, 1.82) is 0 Å². The van der Waals surface area contributed by atoms with E-state index in [4.69, 9.17) is 4.74 Å². The van der Waals surface area contributed by atoms with Crippen LogP contribution in [0.1, 0.15) is 412 Å². The standard InChI is InChI=1S/C76H145NO5/c1-3-5-7-9-11-13-15-17-19-20-38-42-46-50-54-58-62-66-70-76(81)82-71-67-63-59-55-51-47-43-39-36-34-32-30-28-26-24-22-21-23-25-27-29-31-33-35-37-41-45-49-53-57-61-65-69-75(80)77-73(72-78)74(79)68-64-60-56-52-48-44-40-18-16-14-12-10-8-6-4-2/h13,15,19-20,24,26,73-74,78-79H,3-12,14,16-18,21-23,25,27-72H2,1-2H3,(H,77,80)/b15-13-,20-19-,26-24-. The quantitative estimate of drug-likeness (QED) is 0.0320. The van der Waals surface area contributed by atoms with Crippen molar-refractivity contribution in [2.45, 2.75) is 424 Å². The van der Waals surface area contributed by atoms with E-state index in [1.807, 2.05) is 0 Å². The first kappa shape index (κ1) is 80.1. The number of unbranched alkanes of at least 4 members (excludes halogenated alkanes) is 53. The van der Waals surface area contributed by atoms with Gasteiger partial charge in [0.15, 0.2) is 0 Å². The Morgan fingerprint density at radius 2 is 0.610 bits per heavy atom. The summed E-state index contributed by atoms with van der Waals surface area (Å²) in [6.07, 6.45) is 92.1. The van der Waals surface area contributed by atoms with Gasteiger partial charge in [-0.05, 0) is 83.5 Å². The maximum Gasteiger partial charge on any atom is 0.305 e. The van der Waals surface area contributed by atoms with Crippen LogP contribution in [0.15, 0.2) is 36.5 Å². The van der Waals surface area contributed by atoms with Gasteiger partial charge in [-0.1, -0.05) is 352 Å². The fourth-order valence-corrected chi connectivity index (χ4v) is 11.7. The second-order valence-corrected chi connectivity index (χ2v) is 25.6. The Kier molecular flexibility index (Phi) is 69.9. The van der Waals surface area contributed by atoms with Gasteiger partial charge in [-0.3, -0.25) is 9.59 Å². The lowest BCUT2D eigenvalue weighted by atomic mass is 10.0. The van der Waals surface area contributed by atoms with Crippen molar-refractivity contribution in [3.63, 3.8) is 0 Å². The molecule has 3 N–H and O–H groups in total. The van der Waals surface area contributed by atoms with E-state index in [0.29, 0.717) is 25.9 Å². The molecule has 0 heterocycles. The molecular formula is C76H145NO5. The zero-order valence-corrected chi connectivity index (χ0v) is 55.5. The van der Waals surface area contributed by atoms with Crippen LogP contribution in [0.4, 0.5) is 0 Å². The van der Waals surface area contributed by atoms with Crippen LogP contribution in [0.3, 0.4) is 0 Å². The van der Waals surface area contributed by atoms with Gasteiger partial charge in [0.25, 0.3) is 0 Å². The number of nitrogens with one attached hydrogen (secondary N) is 1. The van der Waals surface area contributed by atoms with Crippen LogP contribution in [0.5, 0.6) is 0 Å². The predicted octanol–water partition coefficient (Wildman–Crippen LogP) is 24.3. The van der Waals surface area contributed by atoms with Crippen molar-refractivity contribution in [3.8, 4) is 0 Å². The highest BCUT2D eigenvalue weighted by atomic mass is 16.5. The molecule has 0 saturated carbocycles. The number of rotatable bonds is 70. The molecule has 0 rings (SSSR count). The molecule has 0 fully saturated rings. The molecule has 0 aromatic rings. The molecule has 0 bridgehead atoms. The minimum Gasteiger partial charge on any atom is -0.466 e. The molecule has 0 aliphatic rings. The predicted molar refractivity (Wildman–Crippen MR) is 361 cm³/mol. The van der Waals surface area contributed by atoms with Gasteiger partial charge in [0.2, 0.25) is 5.91 Å². The van der Waals surface area contributed by atoms with E-state index < -0.39 is 12.1 Å². The number of carbonyl (C=O) groups excluding carboxylic acids is 2. The summed E-state index contributed by atoms with van der Waals surface area (Å²) in [5.41, 5.74) is 0. The first-order chi connectivity index (χ1) is 40.5. The first-order valence-corrected chi connectivity index (χ1v) is 37.2. The number of carbonyl (C=O) groups is 2. The fourth-order valence-electron chi connectivity index (χ4n) is 11.7. The van der Waals surface area contributed by atoms with E-state index in [-0.39, 0.29) is 18.5 Å². The molecular weight excluding hydrogens is 1010 g/mol. The van der Waals surface area contributed by atoms with Gasteiger partial charge in [-0.2, -0.15) is 0 Å². The van der Waals surface area contributed by atoms with Crippen molar-refractivity contribution < 1.29 is 24.5 Å². The SMILES string of the molecule is CCCCCC/C=C\C/C=C\CCCCCCCCCC(=O)OCCCCCCCCCCCCCC/C=C\CCCCCCCCCCCCCCCCCCC(=O)NC(CO)C(O)CCCCCCCCCCCCCCCCC. The molecule has 2 unspecified atom stereocenters. The van der Waals surface area contributed by atoms with Gasteiger partial charge < -0.3 is 20.3 Å². The number of esters is 1. The molecule has 82 heavy (non-hydrogen) atoms. The van der Waals surface area contributed by atoms with Crippen molar-refractivity contribution in [1.82, 2.24) is 5.32 Å². The third-order valence-electron chi connectivity index (χ3n) is 17.4. The molecule has 0 aliphatic carbocycles. The van der Waals surface area contributed by atoms with Crippen LogP contribution < -0.4 is 5.32 Å². The summed E-state index contributed by atoms with van der Waals surface area (Å²) >= 11 is 0. The maximum absolute atomic E-state index is 12.5. The normalized spacial score (nSPS) is 12.7. The van der Waals surface area contributed by atoms with Gasteiger partial charge in [-0.15, -0.1) is 0 Å². The van der Waals surface area contributed by atoms with Gasteiger partial charge >= 0.3 is 5.97 Å². The fraction of sp³-hybridized carbons (Fsp3) is 0.895. The molecule has 0 saturated heterocycles. The lowest BCUT2D eigenvalue weighted by molar-refractivity contribution is -0.143. The lowest BCUT2D eigenvalue weighted by Gasteiger charge is -2.22. The average molecular weight is 1150 g/mol. The van der Waals surface area contributed by atoms with Crippen molar-refractivity contribution in [2.24, 2.45) is 0 Å². The number of aliphatic hydroxyl groups is 2. The Morgan fingerprint density at radius 3 is 0.951 bits per heavy atom. The molecule has 0 aromatic carbocycles. The van der Waals surface area contributed by atoms with Crippen LogP contribution >= 0.6 is 0 Å². The van der Waals surface area contributed by atoms with E-state index in [2.05, 4.69) is 55.6 Å². The molecule has 1 amide bonds. The molecule has 0 radical (unpaired) electrons. The molecule has 0 aromatic heterocycles. The average Bonchev–Trinajstić information content (AvgIpc) is 3.48. The summed E-state index contributed by atoms with van der Waals surface area (Å²) in [5, 5.41) is 23.3. The number of hydrogen-bond donors (Lipinski definition) is 3. The number of hydrogen-bond acceptors (Lipinski definition) is 5. The van der Waals surface area contributed by atoms with E-state index in [0.717, 1.165) is 51.4 Å². The second kappa shape index (κ2) is 71.6. The number of ether oxygens (including phenoxy) is 1. The molecule has 6 heteroatoms. The molecule has 6 nitrogen and oxygen atoms in total. The van der Waals surface area contributed by atoms with E-state index >= 15 is 0 Å². The highest BCUT2D eigenvalue weighted by molar-refractivity contribution is 5.76. The Hall–Kier alpha value is -1.92. The Balaban J connectivity index is 3.34. The third-order valence-corrected chi connectivity index (χ3v) is 17.4. The summed E-state index contributed by atoms with van der Waals surface area (Å²) < 4.78 is 5.50. The zero-order valence-electron chi connectivity index (χ0n) is 55.5. The maximum atomic E-state index is 12.5. The lowest BCUT2D eigenvalue weighted by Crippen LogP contribution is -2.45. The zero-order chi connectivity index (χ0) is 59.2. The highest BCUT2D eigenvalue weighted by Crippen LogP contribution is 2.19. The Bertz CT molecular complexity index is 1330.